The lowest BCUT2D eigenvalue weighted by molar-refractivity contribution is -0.138. The smallest absolute Gasteiger partial charge is 0.241 e. The zero-order valence-electron chi connectivity index (χ0n) is 7.03. The van der Waals surface area contributed by atoms with E-state index in [9.17, 15) is 4.79 Å². The molecule has 0 spiro atoms. The SMILES string of the molecule is N[C@H]1CCO[C@H]2CCCN2C1=O. The lowest BCUT2D eigenvalue weighted by atomic mass is 10.2. The first-order valence-corrected chi connectivity index (χ1v) is 4.47. The number of hydrogen-bond acceptors (Lipinski definition) is 3. The third-order valence-electron chi connectivity index (χ3n) is 2.54. The average Bonchev–Trinajstić information content (AvgIpc) is 2.46. The molecular formula is C8H14N2O2. The summed E-state index contributed by atoms with van der Waals surface area (Å²) in [5, 5.41) is 0. The topological polar surface area (TPSA) is 55.6 Å². The first kappa shape index (κ1) is 8.01. The molecule has 2 aliphatic heterocycles. The predicted molar refractivity (Wildman–Crippen MR) is 43.3 cm³/mol. The fourth-order valence-corrected chi connectivity index (χ4v) is 1.83. The van der Waals surface area contributed by atoms with E-state index in [1.54, 1.807) is 4.90 Å². The summed E-state index contributed by atoms with van der Waals surface area (Å²) in [5.41, 5.74) is 5.66. The van der Waals surface area contributed by atoms with E-state index >= 15 is 0 Å². The van der Waals surface area contributed by atoms with Crippen LogP contribution in [-0.4, -0.2) is 36.2 Å². The highest BCUT2D eigenvalue weighted by Gasteiger charge is 2.34. The molecule has 2 atom stereocenters. The second kappa shape index (κ2) is 3.03. The Morgan fingerprint density at radius 1 is 1.50 bits per heavy atom. The summed E-state index contributed by atoms with van der Waals surface area (Å²) in [7, 11) is 0. The number of fused-ring (bicyclic) bond motifs is 1. The molecule has 2 heterocycles. The van der Waals surface area contributed by atoms with Crippen LogP contribution in [0.1, 0.15) is 19.3 Å². The quantitative estimate of drug-likeness (QED) is 0.542. The van der Waals surface area contributed by atoms with Gasteiger partial charge >= 0.3 is 0 Å². The van der Waals surface area contributed by atoms with E-state index in [0.717, 1.165) is 19.4 Å². The lowest BCUT2D eigenvalue weighted by Crippen LogP contribution is -2.43. The number of carbonyl (C=O) groups is 1. The fraction of sp³-hybridized carbons (Fsp3) is 0.875. The summed E-state index contributed by atoms with van der Waals surface area (Å²) in [5.74, 6) is 0.0648. The number of ether oxygens (including phenoxy) is 1. The van der Waals surface area contributed by atoms with Gasteiger partial charge in [-0.2, -0.15) is 0 Å². The molecule has 0 bridgehead atoms. The van der Waals surface area contributed by atoms with Crippen LogP contribution in [0.25, 0.3) is 0 Å². The molecular weight excluding hydrogens is 156 g/mol. The minimum atomic E-state index is -0.340. The molecule has 4 nitrogen and oxygen atoms in total. The maximum atomic E-state index is 11.5. The molecule has 4 heteroatoms. The van der Waals surface area contributed by atoms with Gasteiger partial charge < -0.3 is 15.4 Å². The summed E-state index contributed by atoms with van der Waals surface area (Å²) < 4.78 is 5.49. The van der Waals surface area contributed by atoms with Crippen molar-refractivity contribution >= 4 is 5.91 Å². The van der Waals surface area contributed by atoms with E-state index in [2.05, 4.69) is 0 Å². The molecule has 0 aliphatic carbocycles. The zero-order valence-corrected chi connectivity index (χ0v) is 7.03. The molecule has 2 N–H and O–H groups in total. The standard InChI is InChI=1S/C8H14N2O2/c9-6-3-5-12-7-2-1-4-10(7)8(6)11/h6-7H,1-5,9H2/t6-,7-/m0/s1. The second-order valence-corrected chi connectivity index (χ2v) is 3.39. The molecule has 0 aromatic carbocycles. The Kier molecular flexibility index (Phi) is 2.02. The van der Waals surface area contributed by atoms with Gasteiger partial charge in [0.25, 0.3) is 0 Å². The monoisotopic (exact) mass is 170 g/mol. The summed E-state index contributed by atoms with van der Waals surface area (Å²) >= 11 is 0. The molecule has 2 saturated heterocycles. The van der Waals surface area contributed by atoms with Crippen LogP contribution in [0.2, 0.25) is 0 Å². The van der Waals surface area contributed by atoms with Crippen molar-refractivity contribution in [2.24, 2.45) is 5.73 Å². The molecule has 2 rings (SSSR count). The Balaban J connectivity index is 2.13. The van der Waals surface area contributed by atoms with Gasteiger partial charge in [-0.15, -0.1) is 0 Å². The highest BCUT2D eigenvalue weighted by atomic mass is 16.5. The van der Waals surface area contributed by atoms with Crippen molar-refractivity contribution in [2.75, 3.05) is 13.2 Å². The van der Waals surface area contributed by atoms with Gasteiger partial charge in [0.05, 0.1) is 12.6 Å². The van der Waals surface area contributed by atoms with Crippen molar-refractivity contribution in [1.82, 2.24) is 4.90 Å². The van der Waals surface area contributed by atoms with E-state index in [1.807, 2.05) is 0 Å². The average molecular weight is 170 g/mol. The number of rotatable bonds is 0. The molecule has 2 aliphatic rings. The number of nitrogens with two attached hydrogens (primary N) is 1. The van der Waals surface area contributed by atoms with Crippen LogP contribution < -0.4 is 5.73 Å². The second-order valence-electron chi connectivity index (χ2n) is 3.39. The van der Waals surface area contributed by atoms with E-state index < -0.39 is 0 Å². The Morgan fingerprint density at radius 2 is 2.33 bits per heavy atom. The number of amides is 1. The van der Waals surface area contributed by atoms with Crippen LogP contribution in [0.3, 0.4) is 0 Å². The Labute approximate surface area is 71.7 Å². The van der Waals surface area contributed by atoms with Gasteiger partial charge in [-0.3, -0.25) is 4.79 Å². The van der Waals surface area contributed by atoms with Crippen molar-refractivity contribution < 1.29 is 9.53 Å². The summed E-state index contributed by atoms with van der Waals surface area (Å²) in [6.07, 6.45) is 2.69. The number of carbonyl (C=O) groups excluding carboxylic acids is 1. The highest BCUT2D eigenvalue weighted by Crippen LogP contribution is 2.22. The number of hydrogen-bond donors (Lipinski definition) is 1. The first-order chi connectivity index (χ1) is 5.79. The van der Waals surface area contributed by atoms with Gasteiger partial charge in [0.1, 0.15) is 6.23 Å². The molecule has 0 radical (unpaired) electrons. The van der Waals surface area contributed by atoms with Crippen LogP contribution in [0.15, 0.2) is 0 Å². The van der Waals surface area contributed by atoms with Crippen molar-refractivity contribution in [1.29, 1.82) is 0 Å². The van der Waals surface area contributed by atoms with Gasteiger partial charge in [0, 0.05) is 6.54 Å². The van der Waals surface area contributed by atoms with E-state index in [0.29, 0.717) is 13.0 Å². The zero-order chi connectivity index (χ0) is 8.55. The predicted octanol–water partition coefficient (Wildman–Crippen LogP) is -0.318. The Bertz CT molecular complexity index is 195. The molecule has 0 aromatic heterocycles. The van der Waals surface area contributed by atoms with E-state index in [1.165, 1.54) is 0 Å². The summed E-state index contributed by atoms with van der Waals surface area (Å²) in [4.78, 5) is 13.3. The molecule has 2 fully saturated rings. The Morgan fingerprint density at radius 3 is 3.17 bits per heavy atom. The molecule has 0 saturated carbocycles. The van der Waals surface area contributed by atoms with Crippen LogP contribution in [0.5, 0.6) is 0 Å². The van der Waals surface area contributed by atoms with Gasteiger partial charge in [-0.05, 0) is 19.3 Å². The molecule has 1 amide bonds. The summed E-state index contributed by atoms with van der Waals surface area (Å²) in [6, 6.07) is -0.340. The van der Waals surface area contributed by atoms with Crippen LogP contribution in [0, 0.1) is 0 Å². The maximum Gasteiger partial charge on any atom is 0.241 e. The van der Waals surface area contributed by atoms with Crippen LogP contribution >= 0.6 is 0 Å². The molecule has 68 valence electrons. The van der Waals surface area contributed by atoms with Crippen LogP contribution in [0.4, 0.5) is 0 Å². The highest BCUT2D eigenvalue weighted by molar-refractivity contribution is 5.82. The van der Waals surface area contributed by atoms with E-state index in [4.69, 9.17) is 10.5 Å². The van der Waals surface area contributed by atoms with Gasteiger partial charge in [-0.1, -0.05) is 0 Å². The molecule has 12 heavy (non-hydrogen) atoms. The minimum absolute atomic E-state index is 0.0195. The first-order valence-electron chi connectivity index (χ1n) is 4.47. The van der Waals surface area contributed by atoms with Crippen molar-refractivity contribution in [3.8, 4) is 0 Å². The molecule has 0 unspecified atom stereocenters. The minimum Gasteiger partial charge on any atom is -0.358 e. The van der Waals surface area contributed by atoms with Crippen molar-refractivity contribution in [3.05, 3.63) is 0 Å². The van der Waals surface area contributed by atoms with Crippen molar-refractivity contribution in [2.45, 2.75) is 31.5 Å². The van der Waals surface area contributed by atoms with E-state index in [-0.39, 0.29) is 18.2 Å². The van der Waals surface area contributed by atoms with Gasteiger partial charge in [-0.25, -0.2) is 0 Å². The Hall–Kier alpha value is -0.610. The van der Waals surface area contributed by atoms with Crippen molar-refractivity contribution in [3.63, 3.8) is 0 Å². The normalized spacial score (nSPS) is 36.4. The number of nitrogens with zero attached hydrogens (tertiary/aromatic N) is 1. The third kappa shape index (κ3) is 1.21. The maximum absolute atomic E-state index is 11.5. The molecule has 0 aromatic rings. The van der Waals surface area contributed by atoms with Crippen LogP contribution in [-0.2, 0) is 9.53 Å². The van der Waals surface area contributed by atoms with Gasteiger partial charge in [0.15, 0.2) is 0 Å². The third-order valence-corrected chi connectivity index (χ3v) is 2.54. The summed E-state index contributed by atoms with van der Waals surface area (Å²) in [6.45, 7) is 1.44. The largest absolute Gasteiger partial charge is 0.358 e. The fourth-order valence-electron chi connectivity index (χ4n) is 1.83. The van der Waals surface area contributed by atoms with Gasteiger partial charge in [0.2, 0.25) is 5.91 Å². The lowest BCUT2D eigenvalue weighted by Gasteiger charge is -2.22.